The van der Waals surface area contributed by atoms with Crippen LogP contribution in [-0.2, 0) is 26.2 Å². The monoisotopic (exact) mass is 577 g/mol. The van der Waals surface area contributed by atoms with Gasteiger partial charge >= 0.3 is 0 Å². The van der Waals surface area contributed by atoms with Gasteiger partial charge in [0.1, 0.15) is 11.8 Å². The highest BCUT2D eigenvalue weighted by Crippen LogP contribution is 2.24. The van der Waals surface area contributed by atoms with E-state index in [4.69, 9.17) is 16.3 Å². The first-order chi connectivity index (χ1) is 18.6. The number of nitrogens with zero attached hydrogens (tertiary/aromatic N) is 2. The maximum atomic E-state index is 13.6. The highest BCUT2D eigenvalue weighted by atomic mass is 35.5. The van der Waals surface area contributed by atoms with Gasteiger partial charge in [0.05, 0.1) is 19.1 Å². The van der Waals surface area contributed by atoms with E-state index in [9.17, 15) is 18.0 Å². The molecule has 1 aliphatic rings. The van der Waals surface area contributed by atoms with Crippen LogP contribution in [0.15, 0.2) is 48.5 Å². The van der Waals surface area contributed by atoms with Crippen LogP contribution in [0, 0.1) is 0 Å². The Balaban J connectivity index is 1.76. The van der Waals surface area contributed by atoms with E-state index in [1.165, 1.54) is 10.7 Å². The first-order valence-electron chi connectivity index (χ1n) is 13.6. The molecule has 1 N–H and O–H groups in total. The number of amides is 2. The van der Waals surface area contributed by atoms with Crippen molar-refractivity contribution in [3.05, 3.63) is 59.1 Å². The van der Waals surface area contributed by atoms with E-state index in [1.54, 1.807) is 36.3 Å². The number of carbonyl (C=O) groups excluding carboxylic acids is 2. The summed E-state index contributed by atoms with van der Waals surface area (Å²) in [5, 5.41) is 3.61. The zero-order chi connectivity index (χ0) is 28.4. The Bertz CT molecular complexity index is 1200. The van der Waals surface area contributed by atoms with E-state index < -0.39 is 16.1 Å². The summed E-state index contributed by atoms with van der Waals surface area (Å²) in [6.45, 7) is 2.29. The lowest BCUT2D eigenvalue weighted by atomic mass is 9.95. The van der Waals surface area contributed by atoms with Gasteiger partial charge in [-0.05, 0) is 61.6 Å². The molecule has 0 aliphatic heterocycles. The number of hydrogen-bond acceptors (Lipinski definition) is 5. The van der Waals surface area contributed by atoms with Crippen molar-refractivity contribution in [2.45, 2.75) is 76.9 Å². The smallest absolute Gasteiger partial charge is 0.243 e. The molecule has 0 saturated heterocycles. The lowest BCUT2D eigenvalue weighted by Gasteiger charge is -2.33. The normalized spacial score (nSPS) is 14.9. The minimum Gasteiger partial charge on any atom is -0.497 e. The molecule has 0 bridgehead atoms. The standard InChI is InChI=1S/C29H40ClN3O5S/c1-4-27(29(35)31-24-11-6-5-7-12-24)32(21-22-15-17-26(38-2)18-16-22)28(34)14-9-19-33(39(3,36)37)25-13-8-10-23(30)20-25/h8,10,13,15-18,20,24,27H,4-7,9,11-12,14,19,21H2,1-3H3,(H,31,35). The van der Waals surface area contributed by atoms with Gasteiger partial charge < -0.3 is 15.0 Å². The van der Waals surface area contributed by atoms with E-state index in [1.807, 2.05) is 31.2 Å². The van der Waals surface area contributed by atoms with Crippen LogP contribution in [0.5, 0.6) is 5.75 Å². The van der Waals surface area contributed by atoms with Gasteiger partial charge in [0.15, 0.2) is 0 Å². The number of carbonyl (C=O) groups is 2. The Morgan fingerprint density at radius 2 is 1.79 bits per heavy atom. The maximum absolute atomic E-state index is 13.6. The number of hydrogen-bond donors (Lipinski definition) is 1. The van der Waals surface area contributed by atoms with Crippen LogP contribution in [-0.4, -0.2) is 57.1 Å². The minimum atomic E-state index is -3.59. The lowest BCUT2D eigenvalue weighted by molar-refractivity contribution is -0.141. The summed E-state index contributed by atoms with van der Waals surface area (Å²) in [5.74, 6) is 0.375. The van der Waals surface area contributed by atoms with Crippen LogP contribution < -0.4 is 14.4 Å². The fraction of sp³-hybridized carbons (Fsp3) is 0.517. The highest BCUT2D eigenvalue weighted by molar-refractivity contribution is 7.92. The fourth-order valence-corrected chi connectivity index (χ4v) is 6.17. The molecule has 0 aromatic heterocycles. The number of benzene rings is 2. The molecule has 1 atom stereocenters. The average molecular weight is 578 g/mol. The number of nitrogens with one attached hydrogen (secondary N) is 1. The lowest BCUT2D eigenvalue weighted by Crippen LogP contribution is -2.51. The topological polar surface area (TPSA) is 96.0 Å². The molecule has 2 amide bonds. The Labute approximate surface area is 237 Å². The van der Waals surface area contributed by atoms with Crippen LogP contribution in [0.25, 0.3) is 0 Å². The van der Waals surface area contributed by atoms with Gasteiger partial charge in [-0.2, -0.15) is 0 Å². The first kappa shape index (κ1) is 30.8. The Hall–Kier alpha value is -2.78. The van der Waals surface area contributed by atoms with Gasteiger partial charge in [0.25, 0.3) is 0 Å². The van der Waals surface area contributed by atoms with E-state index in [-0.39, 0.29) is 43.8 Å². The molecule has 1 fully saturated rings. The first-order valence-corrected chi connectivity index (χ1v) is 15.8. The Morgan fingerprint density at radius 3 is 2.38 bits per heavy atom. The second kappa shape index (κ2) is 14.6. The number of sulfonamides is 1. The summed E-state index contributed by atoms with van der Waals surface area (Å²) in [6.07, 6.45) is 7.28. The average Bonchev–Trinajstić information content (AvgIpc) is 2.91. The van der Waals surface area contributed by atoms with Crippen molar-refractivity contribution in [1.29, 1.82) is 0 Å². The third kappa shape index (κ3) is 9.14. The maximum Gasteiger partial charge on any atom is 0.243 e. The number of rotatable bonds is 13. The number of halogens is 1. The molecule has 0 radical (unpaired) electrons. The molecule has 39 heavy (non-hydrogen) atoms. The largest absolute Gasteiger partial charge is 0.497 e. The summed E-state index contributed by atoms with van der Waals surface area (Å²) >= 11 is 6.08. The molecule has 1 aliphatic carbocycles. The summed E-state index contributed by atoms with van der Waals surface area (Å²) in [7, 11) is -1.99. The molecule has 0 spiro atoms. The number of anilines is 1. The van der Waals surface area contributed by atoms with E-state index in [0.29, 0.717) is 22.9 Å². The third-order valence-corrected chi connectivity index (χ3v) is 8.53. The van der Waals surface area contributed by atoms with E-state index >= 15 is 0 Å². The second-order valence-corrected chi connectivity index (χ2v) is 12.4. The molecular weight excluding hydrogens is 538 g/mol. The zero-order valence-corrected chi connectivity index (χ0v) is 24.6. The third-order valence-electron chi connectivity index (χ3n) is 7.10. The van der Waals surface area contributed by atoms with Crippen LogP contribution in [0.2, 0.25) is 5.02 Å². The van der Waals surface area contributed by atoms with E-state index in [2.05, 4.69) is 5.32 Å². The molecule has 0 heterocycles. The Kier molecular flexibility index (Phi) is 11.5. The van der Waals surface area contributed by atoms with Crippen LogP contribution in [0.3, 0.4) is 0 Å². The number of methoxy groups -OCH3 is 1. The second-order valence-electron chi connectivity index (χ2n) is 10.1. The van der Waals surface area contributed by atoms with Gasteiger partial charge in [0, 0.05) is 30.6 Å². The van der Waals surface area contributed by atoms with Crippen LogP contribution in [0.1, 0.15) is 63.9 Å². The van der Waals surface area contributed by atoms with Gasteiger partial charge in [-0.3, -0.25) is 13.9 Å². The molecule has 10 heteroatoms. The molecule has 1 unspecified atom stereocenters. The molecule has 2 aromatic carbocycles. The van der Waals surface area contributed by atoms with Crippen molar-refractivity contribution < 1.29 is 22.7 Å². The predicted molar refractivity (Wildman–Crippen MR) is 156 cm³/mol. The van der Waals surface area contributed by atoms with Crippen molar-refractivity contribution in [3.8, 4) is 5.75 Å². The zero-order valence-electron chi connectivity index (χ0n) is 23.1. The fourth-order valence-electron chi connectivity index (χ4n) is 5.03. The highest BCUT2D eigenvalue weighted by Gasteiger charge is 2.30. The predicted octanol–water partition coefficient (Wildman–Crippen LogP) is 5.15. The van der Waals surface area contributed by atoms with E-state index in [0.717, 1.165) is 37.5 Å². The summed E-state index contributed by atoms with van der Waals surface area (Å²) < 4.78 is 31.5. The molecule has 1 saturated carbocycles. The van der Waals surface area contributed by atoms with Gasteiger partial charge in [-0.15, -0.1) is 0 Å². The molecular formula is C29H40ClN3O5S. The quantitative estimate of drug-likeness (QED) is 0.355. The van der Waals surface area contributed by atoms with Crippen molar-refractivity contribution in [2.24, 2.45) is 0 Å². The van der Waals surface area contributed by atoms with Gasteiger partial charge in [0.2, 0.25) is 21.8 Å². The van der Waals surface area contributed by atoms with Gasteiger partial charge in [-0.25, -0.2) is 8.42 Å². The minimum absolute atomic E-state index is 0.0932. The van der Waals surface area contributed by atoms with Crippen molar-refractivity contribution in [2.75, 3.05) is 24.2 Å². The molecule has 8 nitrogen and oxygen atoms in total. The van der Waals surface area contributed by atoms with Crippen LogP contribution in [0.4, 0.5) is 5.69 Å². The molecule has 2 aromatic rings. The summed E-state index contributed by atoms with van der Waals surface area (Å²) in [4.78, 5) is 28.6. The van der Waals surface area contributed by atoms with Gasteiger partial charge in [-0.1, -0.05) is 56.0 Å². The van der Waals surface area contributed by atoms with Crippen molar-refractivity contribution >= 4 is 39.1 Å². The Morgan fingerprint density at radius 1 is 1.10 bits per heavy atom. The molecule has 214 valence electrons. The van der Waals surface area contributed by atoms with Crippen molar-refractivity contribution in [1.82, 2.24) is 10.2 Å². The molecule has 3 rings (SSSR count). The van der Waals surface area contributed by atoms with Crippen molar-refractivity contribution in [3.63, 3.8) is 0 Å². The van der Waals surface area contributed by atoms with Crippen LogP contribution >= 0.6 is 11.6 Å². The SMILES string of the molecule is CCC(C(=O)NC1CCCCC1)N(Cc1ccc(OC)cc1)C(=O)CCCN(c1cccc(Cl)c1)S(C)(=O)=O. The summed E-state index contributed by atoms with van der Waals surface area (Å²) in [5.41, 5.74) is 1.33. The summed E-state index contributed by atoms with van der Waals surface area (Å²) in [6, 6.07) is 13.6. The number of ether oxygens (including phenoxy) is 1.